The zero-order chi connectivity index (χ0) is 20.3. The minimum absolute atomic E-state index is 0.0430. The van der Waals surface area contributed by atoms with Crippen LogP contribution in [-0.2, 0) is 14.8 Å². The van der Waals surface area contributed by atoms with E-state index in [9.17, 15) is 18.0 Å². The number of benzene rings is 1. The van der Waals surface area contributed by atoms with Crippen LogP contribution in [-0.4, -0.2) is 62.8 Å². The summed E-state index contributed by atoms with van der Waals surface area (Å²) in [4.78, 5) is 26.7. The number of rotatable bonds is 6. The number of sulfonamides is 1. The van der Waals surface area contributed by atoms with Gasteiger partial charge in [-0.05, 0) is 31.2 Å². The minimum Gasteiger partial charge on any atom is -0.495 e. The summed E-state index contributed by atoms with van der Waals surface area (Å²) in [6, 6.07) is 5.70. The van der Waals surface area contributed by atoms with Crippen molar-refractivity contribution in [1.29, 1.82) is 0 Å². The molecule has 1 amide bonds. The van der Waals surface area contributed by atoms with Crippen molar-refractivity contribution < 1.29 is 27.5 Å². The highest BCUT2D eigenvalue weighted by Crippen LogP contribution is 2.29. The van der Waals surface area contributed by atoms with E-state index in [4.69, 9.17) is 9.47 Å². The van der Waals surface area contributed by atoms with Crippen molar-refractivity contribution in [2.45, 2.75) is 11.8 Å². The zero-order valence-electron chi connectivity index (χ0n) is 15.5. The Balaban J connectivity index is 1.88. The second kappa shape index (κ2) is 8.13. The highest BCUT2D eigenvalue weighted by molar-refractivity contribution is 7.89. The topological polar surface area (TPSA) is 118 Å². The maximum atomic E-state index is 12.8. The lowest BCUT2D eigenvalue weighted by Gasteiger charge is -2.26. The highest BCUT2D eigenvalue weighted by atomic mass is 32.2. The van der Waals surface area contributed by atoms with Crippen LogP contribution in [0.15, 0.2) is 35.4 Å². The van der Waals surface area contributed by atoms with Gasteiger partial charge in [0.15, 0.2) is 5.78 Å². The van der Waals surface area contributed by atoms with E-state index in [0.29, 0.717) is 24.5 Å². The molecule has 1 fully saturated rings. The first-order valence-electron chi connectivity index (χ1n) is 8.59. The molecule has 28 heavy (non-hydrogen) atoms. The second-order valence-corrected chi connectivity index (χ2v) is 8.13. The highest BCUT2D eigenvalue weighted by Gasteiger charge is 2.27. The van der Waals surface area contributed by atoms with Crippen molar-refractivity contribution in [2.75, 3.05) is 38.7 Å². The molecule has 1 aromatic carbocycles. The Labute approximate surface area is 162 Å². The number of aromatic nitrogens is 1. The Kier molecular flexibility index (Phi) is 5.82. The summed E-state index contributed by atoms with van der Waals surface area (Å²) in [5.41, 5.74) is 0.760. The van der Waals surface area contributed by atoms with Crippen LogP contribution in [0, 0.1) is 0 Å². The standard InChI is InChI=1S/C18H21N3O6S/c1-12(22)13-9-16(19-11-13)18(23)20-15-10-14(3-4-17(15)26-2)28(24,25)21-5-7-27-8-6-21/h3-4,9-11,19H,5-8H2,1-2H3,(H,20,23). The van der Waals surface area contributed by atoms with E-state index in [1.807, 2.05) is 0 Å². The maximum absolute atomic E-state index is 12.8. The molecule has 2 aromatic rings. The van der Waals surface area contributed by atoms with Gasteiger partial charge in [0.05, 0.1) is 30.9 Å². The molecule has 2 heterocycles. The van der Waals surface area contributed by atoms with Crippen LogP contribution in [0.2, 0.25) is 0 Å². The summed E-state index contributed by atoms with van der Waals surface area (Å²) >= 11 is 0. The average Bonchev–Trinajstić information content (AvgIpc) is 3.19. The van der Waals surface area contributed by atoms with Gasteiger partial charge < -0.3 is 19.8 Å². The molecule has 0 radical (unpaired) electrons. The van der Waals surface area contributed by atoms with Gasteiger partial charge in [-0.1, -0.05) is 0 Å². The number of nitrogens with zero attached hydrogens (tertiary/aromatic N) is 1. The first-order valence-corrected chi connectivity index (χ1v) is 10.0. The SMILES string of the molecule is COc1ccc(S(=O)(=O)N2CCOCC2)cc1NC(=O)c1cc(C(C)=O)c[nH]1. The predicted octanol–water partition coefficient (Wildman–Crippen LogP) is 1.50. The Morgan fingerprint density at radius 3 is 2.54 bits per heavy atom. The maximum Gasteiger partial charge on any atom is 0.272 e. The number of H-pyrrole nitrogens is 1. The molecule has 150 valence electrons. The molecule has 1 aromatic heterocycles. The number of carbonyl (C=O) groups excluding carboxylic acids is 2. The Morgan fingerprint density at radius 2 is 1.93 bits per heavy atom. The van der Waals surface area contributed by atoms with Gasteiger partial charge in [-0.2, -0.15) is 4.31 Å². The first-order chi connectivity index (χ1) is 13.3. The third-order valence-corrected chi connectivity index (χ3v) is 6.26. The zero-order valence-corrected chi connectivity index (χ0v) is 16.3. The van der Waals surface area contributed by atoms with Gasteiger partial charge in [-0.15, -0.1) is 0 Å². The number of nitrogens with one attached hydrogen (secondary N) is 2. The van der Waals surface area contributed by atoms with Gasteiger partial charge in [0.25, 0.3) is 5.91 Å². The molecule has 1 saturated heterocycles. The van der Waals surface area contributed by atoms with E-state index in [1.165, 1.54) is 48.8 Å². The molecule has 0 saturated carbocycles. The summed E-state index contributed by atoms with van der Waals surface area (Å²) < 4.78 is 37.5. The summed E-state index contributed by atoms with van der Waals surface area (Å²) in [7, 11) is -2.30. The molecular formula is C18H21N3O6S. The van der Waals surface area contributed by atoms with Gasteiger partial charge in [0.1, 0.15) is 11.4 Å². The van der Waals surface area contributed by atoms with Gasteiger partial charge in [-0.25, -0.2) is 8.42 Å². The average molecular weight is 407 g/mol. The van der Waals surface area contributed by atoms with Gasteiger partial charge in [0.2, 0.25) is 10.0 Å². The molecule has 0 spiro atoms. The van der Waals surface area contributed by atoms with E-state index in [2.05, 4.69) is 10.3 Å². The van der Waals surface area contributed by atoms with E-state index in [1.54, 1.807) is 0 Å². The summed E-state index contributed by atoms with van der Waals surface area (Å²) in [5.74, 6) is -0.383. The third kappa shape index (κ3) is 4.08. The van der Waals surface area contributed by atoms with Crippen LogP contribution in [0.3, 0.4) is 0 Å². The number of Topliss-reactive ketones (excluding diaryl/α,β-unsaturated/α-hetero) is 1. The number of methoxy groups -OCH3 is 1. The Morgan fingerprint density at radius 1 is 1.21 bits per heavy atom. The van der Waals surface area contributed by atoms with Gasteiger partial charge >= 0.3 is 0 Å². The smallest absolute Gasteiger partial charge is 0.272 e. The fourth-order valence-corrected chi connectivity index (χ4v) is 4.23. The number of morpholine rings is 1. The number of carbonyl (C=O) groups is 2. The van der Waals surface area contributed by atoms with Crippen molar-refractivity contribution in [1.82, 2.24) is 9.29 Å². The Hall–Kier alpha value is -2.69. The molecule has 0 unspecified atom stereocenters. The molecule has 9 nitrogen and oxygen atoms in total. The number of anilines is 1. The van der Waals surface area contributed by atoms with E-state index >= 15 is 0 Å². The molecular weight excluding hydrogens is 386 g/mol. The molecule has 1 aliphatic rings. The molecule has 0 atom stereocenters. The lowest BCUT2D eigenvalue weighted by Crippen LogP contribution is -2.40. The third-order valence-electron chi connectivity index (χ3n) is 4.36. The van der Waals surface area contributed by atoms with E-state index in [0.717, 1.165) is 0 Å². The fourth-order valence-electron chi connectivity index (χ4n) is 2.80. The molecule has 2 N–H and O–H groups in total. The fraction of sp³-hybridized carbons (Fsp3) is 0.333. The van der Waals surface area contributed by atoms with Crippen molar-refractivity contribution in [3.8, 4) is 5.75 Å². The molecule has 1 aliphatic heterocycles. The van der Waals surface area contributed by atoms with Crippen molar-refractivity contribution in [2.24, 2.45) is 0 Å². The van der Waals surface area contributed by atoms with Crippen LogP contribution >= 0.6 is 0 Å². The van der Waals surface area contributed by atoms with Crippen molar-refractivity contribution in [3.05, 3.63) is 41.7 Å². The number of hydrogen-bond acceptors (Lipinski definition) is 6. The normalized spacial score (nSPS) is 15.2. The number of amides is 1. The summed E-state index contributed by atoms with van der Waals surface area (Å²) in [5, 5.41) is 2.63. The summed E-state index contributed by atoms with van der Waals surface area (Å²) in [6.07, 6.45) is 1.44. The first kappa shape index (κ1) is 20.1. The van der Waals surface area contributed by atoms with Crippen molar-refractivity contribution >= 4 is 27.4 Å². The van der Waals surface area contributed by atoms with E-state index < -0.39 is 15.9 Å². The van der Waals surface area contributed by atoms with Gasteiger partial charge in [-0.3, -0.25) is 9.59 Å². The largest absolute Gasteiger partial charge is 0.495 e. The van der Waals surface area contributed by atoms with Crippen LogP contribution < -0.4 is 10.1 Å². The quantitative estimate of drug-likeness (QED) is 0.701. The minimum atomic E-state index is -3.72. The predicted molar refractivity (Wildman–Crippen MR) is 101 cm³/mol. The number of aromatic amines is 1. The lowest BCUT2D eigenvalue weighted by molar-refractivity contribution is 0.0730. The van der Waals surface area contributed by atoms with Crippen LogP contribution in [0.4, 0.5) is 5.69 Å². The number of ketones is 1. The van der Waals surface area contributed by atoms with Crippen molar-refractivity contribution in [3.63, 3.8) is 0 Å². The molecule has 0 bridgehead atoms. The lowest BCUT2D eigenvalue weighted by atomic mass is 10.2. The summed E-state index contributed by atoms with van der Waals surface area (Å²) in [6.45, 7) is 2.61. The number of ether oxygens (including phenoxy) is 2. The molecule has 10 heteroatoms. The second-order valence-electron chi connectivity index (χ2n) is 6.19. The molecule has 3 rings (SSSR count). The van der Waals surface area contributed by atoms with Gasteiger partial charge in [0, 0.05) is 24.8 Å². The monoisotopic (exact) mass is 407 g/mol. The Bertz CT molecular complexity index is 992. The van der Waals surface area contributed by atoms with Crippen LogP contribution in [0.1, 0.15) is 27.8 Å². The van der Waals surface area contributed by atoms with Crippen LogP contribution in [0.25, 0.3) is 0 Å². The number of hydrogen-bond donors (Lipinski definition) is 2. The van der Waals surface area contributed by atoms with Crippen LogP contribution in [0.5, 0.6) is 5.75 Å². The molecule has 0 aliphatic carbocycles. The van der Waals surface area contributed by atoms with E-state index in [-0.39, 0.29) is 35.1 Å².